The Labute approximate surface area is 415 Å². The van der Waals surface area contributed by atoms with E-state index >= 15 is 0 Å². The van der Waals surface area contributed by atoms with Gasteiger partial charge in [-0.05, 0) is 152 Å². The Kier molecular flexibility index (Phi) is 9.91. The lowest BCUT2D eigenvalue weighted by atomic mass is 10.1. The summed E-state index contributed by atoms with van der Waals surface area (Å²) in [4.78, 5) is 5.33. The van der Waals surface area contributed by atoms with E-state index in [1.54, 1.807) is 0 Å². The van der Waals surface area contributed by atoms with E-state index in [0.717, 1.165) is 0 Å². The minimum absolute atomic E-state index is 1.29. The molecule has 0 fully saturated rings. The molecule has 0 bridgehead atoms. The number of halogens is 2. The molecule has 0 nitrogen and oxygen atoms in total. The van der Waals surface area contributed by atoms with Crippen LogP contribution in [0.2, 0.25) is 0 Å². The number of rotatable bonds is 4. The maximum absolute atomic E-state index is 2.50. The quantitative estimate of drug-likeness (QED) is 0.161. The highest BCUT2D eigenvalue weighted by molar-refractivity contribution is 14.1. The van der Waals surface area contributed by atoms with Gasteiger partial charge in [-0.25, -0.2) is 0 Å². The molecule has 0 aliphatic heterocycles. The largest absolute Gasteiger partial charge is 0.134 e. The number of benzene rings is 8. The molecule has 0 saturated heterocycles. The van der Waals surface area contributed by atoms with E-state index in [9.17, 15) is 0 Å². The van der Waals surface area contributed by atoms with Gasteiger partial charge in [-0.2, -0.15) is 0 Å². The fourth-order valence-electron chi connectivity index (χ4n) is 8.38. The average Bonchev–Trinajstić information content (AvgIpc) is 4.13. The lowest BCUT2D eigenvalue weighted by Gasteiger charge is -2.05. The molecule has 14 rings (SSSR count). The van der Waals surface area contributed by atoms with Crippen molar-refractivity contribution in [1.29, 1.82) is 0 Å². The van der Waals surface area contributed by atoms with Gasteiger partial charge in [-0.3, -0.25) is 0 Å². The van der Waals surface area contributed by atoms with Crippen molar-refractivity contribution in [3.8, 4) is 0 Å². The Balaban J connectivity index is 0.000000126. The van der Waals surface area contributed by atoms with Crippen LogP contribution in [-0.4, -0.2) is 0 Å². The lowest BCUT2D eigenvalue weighted by Crippen LogP contribution is -1.78. The van der Waals surface area contributed by atoms with E-state index in [0.29, 0.717) is 0 Å². The van der Waals surface area contributed by atoms with Crippen LogP contribution in [-0.2, 0) is 0 Å². The van der Waals surface area contributed by atoms with Gasteiger partial charge in [-0.1, -0.05) is 96.3 Å². The average molecular weight is 1160 g/mol. The van der Waals surface area contributed by atoms with Crippen LogP contribution in [0, 0.1) is 5.77 Å². The van der Waals surface area contributed by atoms with E-state index in [1.165, 1.54) is 126 Å². The predicted octanol–water partition coefficient (Wildman–Crippen LogP) is 20.8. The molecule has 0 amide bonds. The van der Waals surface area contributed by atoms with Crippen LogP contribution in [0.3, 0.4) is 0 Å². The summed E-state index contributed by atoms with van der Waals surface area (Å²) in [6, 6.07) is 58.2. The Morgan fingerprint density at radius 2 is 0.613 bits per heavy atom. The second-order valence-corrected chi connectivity index (χ2v) is 27.1. The van der Waals surface area contributed by atoms with Crippen molar-refractivity contribution < 1.29 is 0 Å². The Bertz CT molecular complexity index is 3810. The van der Waals surface area contributed by atoms with Crippen LogP contribution in [0.5, 0.6) is 0 Å². The van der Waals surface area contributed by atoms with E-state index in [4.69, 9.17) is 0 Å². The van der Waals surface area contributed by atoms with Crippen LogP contribution < -0.4 is 0 Å². The maximum atomic E-state index is 2.50. The summed E-state index contributed by atoms with van der Waals surface area (Å²) in [5.74, 6) is 0. The zero-order valence-electron chi connectivity index (χ0n) is 32.0. The first-order valence-electron chi connectivity index (χ1n) is 19.7. The van der Waals surface area contributed by atoms with E-state index < -0.39 is 0 Å². The summed E-state index contributed by atoms with van der Waals surface area (Å²) >= 11 is 20.3. The Hall–Kier alpha value is -3.28. The minimum Gasteiger partial charge on any atom is -0.134 e. The van der Waals surface area contributed by atoms with Gasteiger partial charge in [0.15, 0.2) is 0 Å². The molecule has 0 aliphatic rings. The van der Waals surface area contributed by atoms with Gasteiger partial charge in [0, 0.05) is 80.1 Å². The van der Waals surface area contributed by atoms with Crippen molar-refractivity contribution in [3.05, 3.63) is 163 Å². The normalized spacial score (nSPS) is 12.2. The Morgan fingerprint density at radius 3 is 1.03 bits per heavy atom. The van der Waals surface area contributed by atoms with E-state index in [1.807, 2.05) is 91.5 Å². The third-order valence-electron chi connectivity index (χ3n) is 11.3. The first-order chi connectivity index (χ1) is 30.5. The van der Waals surface area contributed by atoms with Gasteiger partial charge in [-0.15, -0.1) is 68.0 Å². The highest BCUT2D eigenvalue weighted by atomic mass is 127. The molecule has 0 spiro atoms. The molecule has 296 valence electrons. The van der Waals surface area contributed by atoms with Gasteiger partial charge >= 0.3 is 0 Å². The molecule has 0 atom stereocenters. The van der Waals surface area contributed by atoms with Gasteiger partial charge in [0.2, 0.25) is 0 Å². The summed E-state index contributed by atoms with van der Waals surface area (Å²) in [5.41, 5.74) is 0. The molecule has 0 aliphatic carbocycles. The molecule has 0 saturated carbocycles. The molecule has 14 aromatic rings. The fourth-order valence-corrected chi connectivity index (χ4v) is 20.5. The monoisotopic (exact) mass is 1160 g/mol. The lowest BCUT2D eigenvalue weighted by molar-refractivity contribution is 1.44. The van der Waals surface area contributed by atoms with E-state index in [2.05, 4.69) is 203 Å². The Morgan fingerprint density at radius 1 is 0.290 bits per heavy atom. The molecule has 10 heteroatoms. The van der Waals surface area contributed by atoms with Crippen LogP contribution in [0.4, 0.5) is 0 Å². The summed E-state index contributed by atoms with van der Waals surface area (Å²) in [7, 11) is 0. The van der Waals surface area contributed by atoms with Crippen molar-refractivity contribution in [2.24, 2.45) is 0 Å². The summed E-state index contributed by atoms with van der Waals surface area (Å²) in [6.07, 6.45) is 0. The highest BCUT2D eigenvalue weighted by Gasteiger charge is 2.18. The van der Waals surface area contributed by atoms with Crippen LogP contribution >= 0.6 is 137 Å². The molecular formula is C52H26I2S8. The van der Waals surface area contributed by atoms with Gasteiger partial charge in [0.25, 0.3) is 0 Å². The molecule has 0 unspecified atom stereocenters. The third-order valence-corrected chi connectivity index (χ3v) is 23.8. The zero-order valence-corrected chi connectivity index (χ0v) is 42.9. The van der Waals surface area contributed by atoms with Crippen molar-refractivity contribution in [2.75, 3.05) is 0 Å². The highest BCUT2D eigenvalue weighted by Crippen LogP contribution is 2.50. The van der Waals surface area contributed by atoms with Crippen LogP contribution in [0.25, 0.3) is 101 Å². The summed E-state index contributed by atoms with van der Waals surface area (Å²) < 4.78 is 16.8. The number of hydrogen-bond acceptors (Lipinski definition) is 8. The number of hydrogen-bond donors (Lipinski definition) is 0. The molecule has 0 radical (unpaired) electrons. The second kappa shape index (κ2) is 15.7. The molecule has 6 aromatic heterocycles. The van der Waals surface area contributed by atoms with Crippen LogP contribution in [0.1, 0.15) is 0 Å². The smallest absolute Gasteiger partial charge is 0.0805 e. The fraction of sp³-hybridized carbons (Fsp3) is 0. The topological polar surface area (TPSA) is 0 Å². The zero-order chi connectivity index (χ0) is 41.1. The molecule has 0 N–H and O–H groups in total. The summed E-state index contributed by atoms with van der Waals surface area (Å²) in [6.45, 7) is 0. The summed E-state index contributed by atoms with van der Waals surface area (Å²) in [5, 5.41) is 13.7. The molecule has 8 aromatic carbocycles. The second-order valence-electron chi connectivity index (χ2n) is 15.0. The van der Waals surface area contributed by atoms with Crippen molar-refractivity contribution >= 4 is 238 Å². The minimum atomic E-state index is 1.29. The molecule has 62 heavy (non-hydrogen) atoms. The standard InChI is InChI=1S/C26H14I2S4.C26H12S4/c27-25-23(29-17-7-3-1-4-8-17)19-11-15-14-22-20(12-16(15)13-21(19)31-25)24(26(28)32-22)30-18-9-5-2-6-10-18;1-3-7-19-15(5-1)23-25(27-19)17-9-13-12-22-18(10-14(13)11-21(17)29-23)26-24(30-22)16-6-2-4-8-20(16)28-26/h1-14H;1-12H. The molecule has 6 heterocycles. The van der Waals surface area contributed by atoms with Crippen LogP contribution in [0.15, 0.2) is 177 Å². The maximum Gasteiger partial charge on any atom is 0.0805 e. The van der Waals surface area contributed by atoms with Gasteiger partial charge in [0.1, 0.15) is 0 Å². The van der Waals surface area contributed by atoms with Crippen molar-refractivity contribution in [1.82, 2.24) is 0 Å². The van der Waals surface area contributed by atoms with Gasteiger partial charge < -0.3 is 0 Å². The predicted molar refractivity (Wildman–Crippen MR) is 302 cm³/mol. The number of fused-ring (bicyclic) bond motifs is 14. The SMILES string of the molecule is Ic1sc2cc3cc4c(Sc5ccccc5)c(I)sc4cc3cc2c1Sc1ccccc1.c1ccc2c(c1)sc1c3cc4cc5sc6c7ccccc7sc6c5cc4cc3sc21. The van der Waals surface area contributed by atoms with Crippen molar-refractivity contribution in [2.45, 2.75) is 19.6 Å². The molecular weight excluding hydrogens is 1130 g/mol. The first-order valence-corrected chi connectivity index (χ1v) is 28.4. The first kappa shape index (κ1) is 39.1. The van der Waals surface area contributed by atoms with E-state index in [-0.39, 0.29) is 0 Å². The van der Waals surface area contributed by atoms with Gasteiger partial charge in [0.05, 0.1) is 24.6 Å². The number of thiophene rings is 6. The third kappa shape index (κ3) is 6.65. The van der Waals surface area contributed by atoms with Crippen molar-refractivity contribution in [3.63, 3.8) is 0 Å².